The van der Waals surface area contributed by atoms with Crippen LogP contribution in [0.4, 0.5) is 0 Å². The SMILES string of the molecule is CC(CCc1ccc(C(N)=O)nc1)NCc1cccc(Cl)c1. The summed E-state index contributed by atoms with van der Waals surface area (Å²) >= 11 is 5.97. The fraction of sp³-hybridized carbons (Fsp3) is 0.294. The number of aromatic nitrogens is 1. The third-order valence-corrected chi connectivity index (χ3v) is 3.72. The van der Waals surface area contributed by atoms with Crippen molar-refractivity contribution in [1.82, 2.24) is 10.3 Å². The molecule has 1 heterocycles. The first kappa shape index (κ1) is 16.5. The van der Waals surface area contributed by atoms with E-state index >= 15 is 0 Å². The van der Waals surface area contributed by atoms with Crippen LogP contribution in [0.15, 0.2) is 42.6 Å². The number of primary amides is 1. The molecule has 0 saturated carbocycles. The maximum absolute atomic E-state index is 11.0. The molecule has 4 nitrogen and oxygen atoms in total. The van der Waals surface area contributed by atoms with Crippen molar-refractivity contribution in [3.63, 3.8) is 0 Å². The molecule has 2 rings (SSSR count). The van der Waals surface area contributed by atoms with Crippen LogP contribution in [-0.4, -0.2) is 16.9 Å². The van der Waals surface area contributed by atoms with Gasteiger partial charge in [-0.05, 0) is 49.1 Å². The largest absolute Gasteiger partial charge is 0.364 e. The Balaban J connectivity index is 1.77. The molecular formula is C17H20ClN3O. The number of pyridine rings is 1. The van der Waals surface area contributed by atoms with Crippen LogP contribution >= 0.6 is 11.6 Å². The second-order valence-corrected chi connectivity index (χ2v) is 5.80. The molecule has 1 unspecified atom stereocenters. The van der Waals surface area contributed by atoms with Crippen molar-refractivity contribution in [2.24, 2.45) is 5.73 Å². The number of hydrogen-bond acceptors (Lipinski definition) is 3. The smallest absolute Gasteiger partial charge is 0.267 e. The zero-order chi connectivity index (χ0) is 15.9. The third kappa shape index (κ3) is 5.13. The van der Waals surface area contributed by atoms with E-state index in [0.29, 0.717) is 11.7 Å². The molecule has 0 aliphatic carbocycles. The van der Waals surface area contributed by atoms with Crippen molar-refractivity contribution in [1.29, 1.82) is 0 Å². The number of benzene rings is 1. The fourth-order valence-electron chi connectivity index (χ4n) is 2.14. The van der Waals surface area contributed by atoms with Crippen LogP contribution in [0.5, 0.6) is 0 Å². The summed E-state index contributed by atoms with van der Waals surface area (Å²) in [5, 5.41) is 4.23. The topological polar surface area (TPSA) is 68.0 Å². The predicted octanol–water partition coefficient (Wildman–Crippen LogP) is 2.94. The summed E-state index contributed by atoms with van der Waals surface area (Å²) in [7, 11) is 0. The Hall–Kier alpha value is -1.91. The van der Waals surface area contributed by atoms with Gasteiger partial charge in [-0.3, -0.25) is 9.78 Å². The molecule has 0 radical (unpaired) electrons. The Bertz CT molecular complexity index is 628. The van der Waals surface area contributed by atoms with Gasteiger partial charge in [0.2, 0.25) is 0 Å². The molecule has 2 aromatic rings. The molecule has 116 valence electrons. The van der Waals surface area contributed by atoms with Gasteiger partial charge in [-0.1, -0.05) is 29.8 Å². The molecule has 1 amide bonds. The van der Waals surface area contributed by atoms with Crippen molar-refractivity contribution in [2.75, 3.05) is 0 Å². The average Bonchev–Trinajstić information content (AvgIpc) is 2.51. The summed E-state index contributed by atoms with van der Waals surface area (Å²) in [4.78, 5) is 15.0. The lowest BCUT2D eigenvalue weighted by Gasteiger charge is -2.14. The van der Waals surface area contributed by atoms with E-state index in [-0.39, 0.29) is 0 Å². The van der Waals surface area contributed by atoms with E-state index in [4.69, 9.17) is 17.3 Å². The quantitative estimate of drug-likeness (QED) is 0.825. The first-order valence-electron chi connectivity index (χ1n) is 7.27. The molecule has 5 heteroatoms. The van der Waals surface area contributed by atoms with Crippen molar-refractivity contribution in [2.45, 2.75) is 32.4 Å². The molecule has 0 fully saturated rings. The lowest BCUT2D eigenvalue weighted by atomic mass is 10.1. The minimum Gasteiger partial charge on any atom is -0.364 e. The van der Waals surface area contributed by atoms with Gasteiger partial charge in [-0.25, -0.2) is 0 Å². The first-order chi connectivity index (χ1) is 10.5. The molecule has 0 saturated heterocycles. The Morgan fingerprint density at radius 1 is 1.32 bits per heavy atom. The number of amides is 1. The molecular weight excluding hydrogens is 298 g/mol. The van der Waals surface area contributed by atoms with Gasteiger partial charge in [-0.2, -0.15) is 0 Å². The summed E-state index contributed by atoms with van der Waals surface area (Å²) in [5.74, 6) is -0.497. The van der Waals surface area contributed by atoms with Crippen molar-refractivity contribution in [3.05, 3.63) is 64.4 Å². The fourth-order valence-corrected chi connectivity index (χ4v) is 2.36. The minimum absolute atomic E-state index is 0.302. The van der Waals surface area contributed by atoms with Crippen LogP contribution in [0.2, 0.25) is 5.02 Å². The molecule has 1 atom stereocenters. The molecule has 1 aromatic carbocycles. The highest BCUT2D eigenvalue weighted by molar-refractivity contribution is 6.30. The van der Waals surface area contributed by atoms with Gasteiger partial charge >= 0.3 is 0 Å². The number of halogens is 1. The van der Waals surface area contributed by atoms with E-state index in [1.165, 1.54) is 5.56 Å². The van der Waals surface area contributed by atoms with Crippen LogP contribution in [-0.2, 0) is 13.0 Å². The number of carbonyl (C=O) groups excluding carboxylic acids is 1. The van der Waals surface area contributed by atoms with Gasteiger partial charge in [0.1, 0.15) is 5.69 Å². The second kappa shape index (κ2) is 7.92. The number of hydrogen-bond donors (Lipinski definition) is 2. The predicted molar refractivity (Wildman–Crippen MR) is 88.8 cm³/mol. The number of carbonyl (C=O) groups is 1. The van der Waals surface area contributed by atoms with Crippen LogP contribution in [0, 0.1) is 0 Å². The van der Waals surface area contributed by atoms with Crippen molar-refractivity contribution in [3.8, 4) is 0 Å². The Morgan fingerprint density at radius 3 is 2.77 bits per heavy atom. The summed E-state index contributed by atoms with van der Waals surface area (Å²) in [6.45, 7) is 2.94. The highest BCUT2D eigenvalue weighted by Crippen LogP contribution is 2.11. The number of aryl methyl sites for hydroxylation is 1. The summed E-state index contributed by atoms with van der Waals surface area (Å²) < 4.78 is 0. The Morgan fingerprint density at radius 2 is 2.14 bits per heavy atom. The van der Waals surface area contributed by atoms with Gasteiger partial charge in [0.05, 0.1) is 0 Å². The van der Waals surface area contributed by atoms with E-state index in [0.717, 1.165) is 30.0 Å². The summed E-state index contributed by atoms with van der Waals surface area (Å²) in [6.07, 6.45) is 3.59. The molecule has 0 aliphatic heterocycles. The van der Waals surface area contributed by atoms with Crippen LogP contribution in [0.3, 0.4) is 0 Å². The molecule has 1 aromatic heterocycles. The second-order valence-electron chi connectivity index (χ2n) is 5.37. The van der Waals surface area contributed by atoms with E-state index in [1.807, 2.05) is 24.3 Å². The number of nitrogens with two attached hydrogens (primary N) is 1. The van der Waals surface area contributed by atoms with Crippen LogP contribution in [0.25, 0.3) is 0 Å². The maximum Gasteiger partial charge on any atom is 0.267 e. The number of nitrogens with one attached hydrogen (secondary N) is 1. The lowest BCUT2D eigenvalue weighted by molar-refractivity contribution is 0.0995. The molecule has 22 heavy (non-hydrogen) atoms. The van der Waals surface area contributed by atoms with Gasteiger partial charge in [0.15, 0.2) is 0 Å². The zero-order valence-electron chi connectivity index (χ0n) is 12.6. The van der Waals surface area contributed by atoms with E-state index in [9.17, 15) is 4.79 Å². The van der Waals surface area contributed by atoms with Gasteiger partial charge < -0.3 is 11.1 Å². The molecule has 0 bridgehead atoms. The molecule has 3 N–H and O–H groups in total. The zero-order valence-corrected chi connectivity index (χ0v) is 13.3. The summed E-state index contributed by atoms with van der Waals surface area (Å²) in [5.41, 5.74) is 7.74. The molecule has 0 aliphatic rings. The van der Waals surface area contributed by atoms with E-state index in [2.05, 4.69) is 23.3 Å². The Kier molecular flexibility index (Phi) is 5.92. The Labute approximate surface area is 135 Å². The highest BCUT2D eigenvalue weighted by Gasteiger charge is 2.05. The first-order valence-corrected chi connectivity index (χ1v) is 7.65. The van der Waals surface area contributed by atoms with E-state index in [1.54, 1.807) is 12.3 Å². The van der Waals surface area contributed by atoms with Crippen molar-refractivity contribution >= 4 is 17.5 Å². The third-order valence-electron chi connectivity index (χ3n) is 3.49. The minimum atomic E-state index is -0.497. The van der Waals surface area contributed by atoms with Gasteiger partial charge in [0, 0.05) is 23.8 Å². The van der Waals surface area contributed by atoms with Gasteiger partial charge in [-0.15, -0.1) is 0 Å². The lowest BCUT2D eigenvalue weighted by Crippen LogP contribution is -2.26. The number of rotatable bonds is 7. The average molecular weight is 318 g/mol. The number of nitrogens with zero attached hydrogens (tertiary/aromatic N) is 1. The van der Waals surface area contributed by atoms with E-state index < -0.39 is 5.91 Å². The molecule has 0 spiro atoms. The van der Waals surface area contributed by atoms with Gasteiger partial charge in [0.25, 0.3) is 5.91 Å². The standard InChI is InChI=1S/C17H20ClN3O/c1-12(20-11-14-3-2-4-15(18)9-14)5-6-13-7-8-16(17(19)22)21-10-13/h2-4,7-10,12,20H,5-6,11H2,1H3,(H2,19,22). The summed E-state index contributed by atoms with van der Waals surface area (Å²) in [6, 6.07) is 11.8. The van der Waals surface area contributed by atoms with Crippen molar-refractivity contribution < 1.29 is 4.79 Å². The monoisotopic (exact) mass is 317 g/mol. The maximum atomic E-state index is 11.0. The van der Waals surface area contributed by atoms with Crippen LogP contribution < -0.4 is 11.1 Å². The highest BCUT2D eigenvalue weighted by atomic mass is 35.5. The normalized spacial score (nSPS) is 12.1. The van der Waals surface area contributed by atoms with Crippen LogP contribution in [0.1, 0.15) is 35.0 Å².